The van der Waals surface area contributed by atoms with Gasteiger partial charge in [0.05, 0.1) is 25.2 Å². The normalized spacial score (nSPS) is 14.6. The fraction of sp³-hybridized carbons (Fsp3) is 0.107. The Bertz CT molecular complexity index is 1160. The summed E-state index contributed by atoms with van der Waals surface area (Å²) in [7, 11) is 4.38. The highest BCUT2D eigenvalue weighted by atomic mass is 127. The lowest BCUT2D eigenvalue weighted by atomic mass is 9.74. The fourth-order valence-corrected chi connectivity index (χ4v) is 4.95. The Morgan fingerprint density at radius 2 is 1.06 bits per heavy atom. The first-order chi connectivity index (χ1) is 14.7. The van der Waals surface area contributed by atoms with Crippen molar-refractivity contribution < 1.29 is 28.6 Å². The molecule has 5 rings (SSSR count). The average molecular weight is 516 g/mol. The number of fused-ring (bicyclic) bond motifs is 1. The standard InChI is InChI=1S/C28H25N2.HI/c1-29-26-21-13-12-20-25(26)28(23-16-8-4-9-17-23,24-18-10-5-11-19-24)30(2)27(29)22-14-6-3-7-15-22;/h3-21H,1-2H3;1H/q+1;/p-1. The molecule has 2 nitrogen and oxygen atoms in total. The quantitative estimate of drug-likeness (QED) is 0.300. The molecule has 31 heavy (non-hydrogen) atoms. The van der Waals surface area contributed by atoms with Crippen molar-refractivity contribution in [3.8, 4) is 0 Å². The molecule has 3 heteroatoms. The number of para-hydroxylation sites is 1. The van der Waals surface area contributed by atoms with E-state index in [1.807, 2.05) is 0 Å². The van der Waals surface area contributed by atoms with Gasteiger partial charge in [-0.05, 0) is 24.3 Å². The maximum atomic E-state index is 2.44. The molecule has 0 radical (unpaired) electrons. The van der Waals surface area contributed by atoms with E-state index in [1.54, 1.807) is 0 Å². The summed E-state index contributed by atoms with van der Waals surface area (Å²) in [5.74, 6) is 1.18. The Morgan fingerprint density at radius 1 is 0.613 bits per heavy atom. The third-order valence-corrected chi connectivity index (χ3v) is 6.21. The van der Waals surface area contributed by atoms with Gasteiger partial charge in [0.25, 0.3) is 5.84 Å². The Morgan fingerprint density at radius 3 is 1.61 bits per heavy atom. The molecule has 0 fully saturated rings. The van der Waals surface area contributed by atoms with E-state index in [4.69, 9.17) is 0 Å². The van der Waals surface area contributed by atoms with Crippen LogP contribution in [0.1, 0.15) is 22.3 Å². The number of hydrogen-bond donors (Lipinski definition) is 0. The number of benzene rings is 4. The van der Waals surface area contributed by atoms with E-state index in [-0.39, 0.29) is 24.0 Å². The van der Waals surface area contributed by atoms with Crippen LogP contribution in [-0.2, 0) is 5.54 Å². The minimum atomic E-state index is -0.434. The molecule has 0 aromatic heterocycles. The first kappa shape index (κ1) is 21.3. The predicted molar refractivity (Wildman–Crippen MR) is 124 cm³/mol. The molecule has 154 valence electrons. The predicted octanol–water partition coefficient (Wildman–Crippen LogP) is 2.52. The molecule has 0 bridgehead atoms. The van der Waals surface area contributed by atoms with E-state index in [0.717, 1.165) is 0 Å². The van der Waals surface area contributed by atoms with Crippen molar-refractivity contribution in [3.05, 3.63) is 138 Å². The number of amidine groups is 1. The Kier molecular flexibility index (Phi) is 5.96. The molecule has 4 aromatic rings. The lowest BCUT2D eigenvalue weighted by molar-refractivity contribution is -0.570. The largest absolute Gasteiger partial charge is 1.00 e. The SMILES string of the molecule is CN1C(c2ccccc2)=[N+](C)C(c2ccccc2)(c2ccccc2)c2ccccc21.[I-]. The number of anilines is 1. The van der Waals surface area contributed by atoms with Crippen LogP contribution in [0.5, 0.6) is 0 Å². The molecular weight excluding hydrogens is 491 g/mol. The zero-order valence-corrected chi connectivity index (χ0v) is 19.9. The smallest absolute Gasteiger partial charge is 0.285 e. The van der Waals surface area contributed by atoms with Gasteiger partial charge in [0.2, 0.25) is 0 Å². The van der Waals surface area contributed by atoms with E-state index in [0.29, 0.717) is 0 Å². The highest BCUT2D eigenvalue weighted by molar-refractivity contribution is 6.08. The summed E-state index contributed by atoms with van der Waals surface area (Å²) in [5, 5.41) is 0. The first-order valence-electron chi connectivity index (χ1n) is 10.3. The summed E-state index contributed by atoms with van der Waals surface area (Å²) < 4.78 is 2.44. The molecule has 4 aromatic carbocycles. The lowest BCUT2D eigenvalue weighted by Gasteiger charge is -2.41. The van der Waals surface area contributed by atoms with Crippen molar-refractivity contribution in [3.63, 3.8) is 0 Å². The molecule has 1 aliphatic heterocycles. The van der Waals surface area contributed by atoms with E-state index in [2.05, 4.69) is 139 Å². The Balaban J connectivity index is 0.00000231. The van der Waals surface area contributed by atoms with E-state index in [9.17, 15) is 0 Å². The van der Waals surface area contributed by atoms with Gasteiger partial charge in [0, 0.05) is 11.1 Å². The van der Waals surface area contributed by atoms with Crippen LogP contribution in [0.15, 0.2) is 115 Å². The van der Waals surface area contributed by atoms with Gasteiger partial charge in [0.1, 0.15) is 5.69 Å². The van der Waals surface area contributed by atoms with Crippen molar-refractivity contribution in [2.75, 3.05) is 19.0 Å². The van der Waals surface area contributed by atoms with Crippen LogP contribution < -0.4 is 28.9 Å². The third-order valence-electron chi connectivity index (χ3n) is 6.21. The van der Waals surface area contributed by atoms with Gasteiger partial charge in [0.15, 0.2) is 5.54 Å². The molecule has 0 unspecified atom stereocenters. The second kappa shape index (κ2) is 8.67. The van der Waals surface area contributed by atoms with Crippen molar-refractivity contribution in [1.29, 1.82) is 0 Å². The summed E-state index contributed by atoms with van der Waals surface area (Å²) in [4.78, 5) is 2.31. The van der Waals surface area contributed by atoms with Gasteiger partial charge < -0.3 is 24.0 Å². The molecule has 0 N–H and O–H groups in total. The van der Waals surface area contributed by atoms with Crippen LogP contribution in [0.25, 0.3) is 0 Å². The van der Waals surface area contributed by atoms with Crippen LogP contribution in [-0.4, -0.2) is 24.5 Å². The molecule has 0 saturated heterocycles. The van der Waals surface area contributed by atoms with Gasteiger partial charge in [-0.1, -0.05) is 91.0 Å². The van der Waals surface area contributed by atoms with Gasteiger partial charge in [-0.3, -0.25) is 0 Å². The second-order valence-electron chi connectivity index (χ2n) is 7.77. The van der Waals surface area contributed by atoms with Crippen molar-refractivity contribution in [2.24, 2.45) is 0 Å². The Hall–Kier alpha value is -2.92. The van der Waals surface area contributed by atoms with Gasteiger partial charge in [-0.15, -0.1) is 0 Å². The fourth-order valence-electron chi connectivity index (χ4n) is 4.95. The number of halogens is 1. The van der Waals surface area contributed by atoms with E-state index in [1.165, 1.54) is 33.8 Å². The summed E-state index contributed by atoms with van der Waals surface area (Å²) in [6, 6.07) is 41.1. The molecule has 0 aliphatic carbocycles. The van der Waals surface area contributed by atoms with Crippen molar-refractivity contribution in [1.82, 2.24) is 0 Å². The topological polar surface area (TPSA) is 6.25 Å². The molecule has 0 amide bonds. The summed E-state index contributed by atoms with van der Waals surface area (Å²) in [6.07, 6.45) is 0. The van der Waals surface area contributed by atoms with Crippen molar-refractivity contribution >= 4 is 11.5 Å². The van der Waals surface area contributed by atoms with Gasteiger partial charge >= 0.3 is 0 Å². The third kappa shape index (κ3) is 3.28. The monoisotopic (exact) mass is 516 g/mol. The molecule has 0 saturated carbocycles. The van der Waals surface area contributed by atoms with Crippen molar-refractivity contribution in [2.45, 2.75) is 5.54 Å². The van der Waals surface area contributed by atoms with Gasteiger partial charge in [-0.25, -0.2) is 9.48 Å². The zero-order chi connectivity index (χ0) is 20.6. The highest BCUT2D eigenvalue weighted by Crippen LogP contribution is 2.46. The first-order valence-corrected chi connectivity index (χ1v) is 10.3. The van der Waals surface area contributed by atoms with Crippen LogP contribution in [0.2, 0.25) is 0 Å². The highest BCUT2D eigenvalue weighted by Gasteiger charge is 2.50. The minimum absolute atomic E-state index is 0. The lowest BCUT2D eigenvalue weighted by Crippen LogP contribution is -3.00. The summed E-state index contributed by atoms with van der Waals surface area (Å²) in [6.45, 7) is 0. The molecule has 1 aliphatic rings. The molecule has 1 heterocycles. The molecular formula is C28H25IN2. The molecule has 0 spiro atoms. The number of hydrogen-bond acceptors (Lipinski definition) is 1. The van der Waals surface area contributed by atoms with Crippen LogP contribution >= 0.6 is 0 Å². The maximum Gasteiger partial charge on any atom is 0.285 e. The Labute approximate surface area is 201 Å². The second-order valence-corrected chi connectivity index (χ2v) is 7.77. The number of rotatable bonds is 3. The average Bonchev–Trinajstić information content (AvgIpc) is 2.82. The molecule has 0 atom stereocenters. The van der Waals surface area contributed by atoms with E-state index >= 15 is 0 Å². The zero-order valence-electron chi connectivity index (χ0n) is 17.7. The van der Waals surface area contributed by atoms with Crippen LogP contribution in [0, 0.1) is 0 Å². The maximum absolute atomic E-state index is 2.44. The minimum Gasteiger partial charge on any atom is -1.00 e. The number of nitrogens with zero attached hydrogens (tertiary/aromatic N) is 2. The summed E-state index contributed by atoms with van der Waals surface area (Å²) >= 11 is 0. The van der Waals surface area contributed by atoms with Crippen LogP contribution in [0.3, 0.4) is 0 Å². The van der Waals surface area contributed by atoms with Gasteiger partial charge in [-0.2, -0.15) is 0 Å². The van der Waals surface area contributed by atoms with E-state index < -0.39 is 5.54 Å². The summed E-state index contributed by atoms with van der Waals surface area (Å²) in [5.41, 5.74) is 5.79. The van der Waals surface area contributed by atoms with Crippen LogP contribution in [0.4, 0.5) is 5.69 Å².